The van der Waals surface area contributed by atoms with Gasteiger partial charge >= 0.3 is 0 Å². The van der Waals surface area contributed by atoms with Gasteiger partial charge in [0, 0.05) is 30.1 Å². The Morgan fingerprint density at radius 1 is 1.29 bits per heavy atom. The second-order valence-electron chi connectivity index (χ2n) is 6.21. The molecule has 1 N–H and O–H groups in total. The standard InChI is InChI=1S/C18H24ClFN2O2/c1-3-12(4-2)18(24)22-9-7-14(8-10-22)21-17(23)15-11-13(19)5-6-16(15)20/h5-6,11-12,14H,3-4,7-10H2,1-2H3,(H,21,23). The summed E-state index contributed by atoms with van der Waals surface area (Å²) in [6, 6.07) is 3.88. The minimum atomic E-state index is -0.585. The fourth-order valence-electron chi connectivity index (χ4n) is 3.07. The zero-order valence-corrected chi connectivity index (χ0v) is 14.9. The molecule has 0 aromatic heterocycles. The highest BCUT2D eigenvalue weighted by molar-refractivity contribution is 6.31. The molecule has 0 aliphatic carbocycles. The molecule has 0 atom stereocenters. The van der Waals surface area contributed by atoms with Gasteiger partial charge in [0.2, 0.25) is 5.91 Å². The maximum Gasteiger partial charge on any atom is 0.254 e. The van der Waals surface area contributed by atoms with Crippen molar-refractivity contribution in [1.29, 1.82) is 0 Å². The third-order valence-corrected chi connectivity index (χ3v) is 4.88. The highest BCUT2D eigenvalue weighted by Gasteiger charge is 2.27. The van der Waals surface area contributed by atoms with E-state index in [2.05, 4.69) is 5.32 Å². The summed E-state index contributed by atoms with van der Waals surface area (Å²) in [5, 5.41) is 3.17. The van der Waals surface area contributed by atoms with Crippen LogP contribution in [0, 0.1) is 11.7 Å². The first kappa shape index (κ1) is 18.7. The lowest BCUT2D eigenvalue weighted by molar-refractivity contribution is -0.136. The molecule has 1 aliphatic rings. The number of hydrogen-bond donors (Lipinski definition) is 1. The van der Waals surface area contributed by atoms with Crippen LogP contribution < -0.4 is 5.32 Å². The number of benzene rings is 1. The summed E-state index contributed by atoms with van der Waals surface area (Å²) in [5.41, 5.74) is -0.0435. The van der Waals surface area contributed by atoms with E-state index in [0.29, 0.717) is 31.0 Å². The SMILES string of the molecule is CCC(CC)C(=O)N1CCC(NC(=O)c2cc(Cl)ccc2F)CC1. The summed E-state index contributed by atoms with van der Waals surface area (Å²) < 4.78 is 13.7. The van der Waals surface area contributed by atoms with E-state index in [0.717, 1.165) is 12.8 Å². The van der Waals surface area contributed by atoms with Crippen molar-refractivity contribution in [1.82, 2.24) is 10.2 Å². The topological polar surface area (TPSA) is 49.4 Å². The van der Waals surface area contributed by atoms with Gasteiger partial charge in [-0.2, -0.15) is 0 Å². The van der Waals surface area contributed by atoms with Crippen molar-refractivity contribution < 1.29 is 14.0 Å². The number of amides is 2. The van der Waals surface area contributed by atoms with Crippen LogP contribution >= 0.6 is 11.6 Å². The molecule has 4 nitrogen and oxygen atoms in total. The second kappa shape index (κ2) is 8.47. The minimum Gasteiger partial charge on any atom is -0.349 e. The molecule has 0 unspecified atom stereocenters. The molecule has 1 aromatic carbocycles. The van der Waals surface area contributed by atoms with Gasteiger partial charge in [0.05, 0.1) is 5.56 Å². The average molecular weight is 355 g/mol. The number of rotatable bonds is 5. The van der Waals surface area contributed by atoms with Crippen molar-refractivity contribution in [3.05, 3.63) is 34.6 Å². The fraction of sp³-hybridized carbons (Fsp3) is 0.556. The van der Waals surface area contributed by atoms with Crippen molar-refractivity contribution in [3.63, 3.8) is 0 Å². The van der Waals surface area contributed by atoms with E-state index < -0.39 is 11.7 Å². The van der Waals surface area contributed by atoms with Gasteiger partial charge in [-0.25, -0.2) is 4.39 Å². The Morgan fingerprint density at radius 2 is 1.92 bits per heavy atom. The van der Waals surface area contributed by atoms with E-state index in [-0.39, 0.29) is 23.4 Å². The normalized spacial score (nSPS) is 15.6. The highest BCUT2D eigenvalue weighted by Crippen LogP contribution is 2.19. The Hall–Kier alpha value is -1.62. The molecule has 2 rings (SSSR count). The Balaban J connectivity index is 1.90. The lowest BCUT2D eigenvalue weighted by Gasteiger charge is -2.34. The van der Waals surface area contributed by atoms with Gasteiger partial charge in [0.1, 0.15) is 5.82 Å². The lowest BCUT2D eigenvalue weighted by Crippen LogP contribution is -2.48. The molecule has 1 saturated heterocycles. The number of nitrogens with one attached hydrogen (secondary N) is 1. The molecule has 1 aliphatic heterocycles. The van der Waals surface area contributed by atoms with E-state index in [4.69, 9.17) is 11.6 Å². The summed E-state index contributed by atoms with van der Waals surface area (Å²) in [4.78, 5) is 26.5. The van der Waals surface area contributed by atoms with Crippen molar-refractivity contribution >= 4 is 23.4 Å². The average Bonchev–Trinajstić information content (AvgIpc) is 2.58. The minimum absolute atomic E-state index is 0.0435. The number of likely N-dealkylation sites (tertiary alicyclic amines) is 1. The monoisotopic (exact) mass is 354 g/mol. The molecule has 6 heteroatoms. The molecule has 0 bridgehead atoms. The number of carbonyl (C=O) groups excluding carboxylic acids is 2. The van der Waals surface area contributed by atoms with E-state index in [1.54, 1.807) is 0 Å². The zero-order chi connectivity index (χ0) is 17.7. The molecule has 132 valence electrons. The van der Waals surface area contributed by atoms with Crippen LogP contribution in [0.5, 0.6) is 0 Å². The van der Waals surface area contributed by atoms with E-state index >= 15 is 0 Å². The molecule has 0 spiro atoms. The zero-order valence-electron chi connectivity index (χ0n) is 14.1. The highest BCUT2D eigenvalue weighted by atomic mass is 35.5. The number of piperidine rings is 1. The van der Waals surface area contributed by atoms with Crippen LogP contribution in [0.4, 0.5) is 4.39 Å². The van der Waals surface area contributed by atoms with Crippen molar-refractivity contribution in [2.75, 3.05) is 13.1 Å². The van der Waals surface area contributed by atoms with Crippen LogP contribution in [-0.4, -0.2) is 35.8 Å². The lowest BCUT2D eigenvalue weighted by atomic mass is 9.98. The van der Waals surface area contributed by atoms with Crippen LogP contribution in [0.3, 0.4) is 0 Å². The molecule has 1 heterocycles. The predicted octanol–water partition coefficient (Wildman–Crippen LogP) is 3.64. The number of hydrogen-bond acceptors (Lipinski definition) is 2. The largest absolute Gasteiger partial charge is 0.349 e. The first-order valence-electron chi connectivity index (χ1n) is 8.50. The van der Waals surface area contributed by atoms with Crippen molar-refractivity contribution in [3.8, 4) is 0 Å². The molecular formula is C18H24ClFN2O2. The summed E-state index contributed by atoms with van der Waals surface area (Å²) in [7, 11) is 0. The Morgan fingerprint density at radius 3 is 2.50 bits per heavy atom. The first-order chi connectivity index (χ1) is 11.5. The van der Waals surface area contributed by atoms with Crippen LogP contribution in [0.15, 0.2) is 18.2 Å². The van der Waals surface area contributed by atoms with E-state index in [1.807, 2.05) is 18.7 Å². The molecule has 24 heavy (non-hydrogen) atoms. The first-order valence-corrected chi connectivity index (χ1v) is 8.88. The maximum atomic E-state index is 13.7. The summed E-state index contributed by atoms with van der Waals surface area (Å²) in [6.07, 6.45) is 3.06. The summed E-state index contributed by atoms with van der Waals surface area (Å²) >= 11 is 5.82. The predicted molar refractivity (Wildman–Crippen MR) is 92.6 cm³/mol. The summed E-state index contributed by atoms with van der Waals surface area (Å²) in [6.45, 7) is 5.30. The third kappa shape index (κ3) is 4.47. The van der Waals surface area contributed by atoms with Crippen molar-refractivity contribution in [2.24, 2.45) is 5.92 Å². The maximum absolute atomic E-state index is 13.7. The molecule has 0 saturated carbocycles. The Labute approximate surface area is 147 Å². The van der Waals surface area contributed by atoms with Crippen molar-refractivity contribution in [2.45, 2.75) is 45.6 Å². The van der Waals surface area contributed by atoms with Gasteiger partial charge in [0.25, 0.3) is 5.91 Å². The molecule has 0 radical (unpaired) electrons. The summed E-state index contributed by atoms with van der Waals surface area (Å²) in [5.74, 6) is -0.764. The fourth-order valence-corrected chi connectivity index (χ4v) is 3.25. The Kier molecular flexibility index (Phi) is 6.60. The molecule has 2 amide bonds. The number of halogens is 2. The Bertz CT molecular complexity index is 597. The smallest absolute Gasteiger partial charge is 0.254 e. The van der Waals surface area contributed by atoms with Gasteiger partial charge < -0.3 is 10.2 Å². The van der Waals surface area contributed by atoms with Crippen LogP contribution in [-0.2, 0) is 4.79 Å². The second-order valence-corrected chi connectivity index (χ2v) is 6.65. The van der Waals surface area contributed by atoms with Crippen LogP contribution in [0.1, 0.15) is 49.9 Å². The molecular weight excluding hydrogens is 331 g/mol. The number of nitrogens with zero attached hydrogens (tertiary/aromatic N) is 1. The molecule has 1 aromatic rings. The van der Waals surface area contributed by atoms with Gasteiger partial charge in [-0.3, -0.25) is 9.59 Å². The van der Waals surface area contributed by atoms with Gasteiger partial charge in [-0.1, -0.05) is 25.4 Å². The van der Waals surface area contributed by atoms with Crippen LogP contribution in [0.2, 0.25) is 5.02 Å². The third-order valence-electron chi connectivity index (χ3n) is 4.65. The van der Waals surface area contributed by atoms with Gasteiger partial charge in [0.15, 0.2) is 0 Å². The van der Waals surface area contributed by atoms with E-state index in [9.17, 15) is 14.0 Å². The van der Waals surface area contributed by atoms with E-state index in [1.165, 1.54) is 18.2 Å². The quantitative estimate of drug-likeness (QED) is 0.877. The van der Waals surface area contributed by atoms with Crippen LogP contribution in [0.25, 0.3) is 0 Å². The number of carbonyl (C=O) groups is 2. The molecule has 1 fully saturated rings. The van der Waals surface area contributed by atoms with Gasteiger partial charge in [-0.15, -0.1) is 0 Å². The van der Waals surface area contributed by atoms with Gasteiger partial charge in [-0.05, 0) is 43.9 Å².